The van der Waals surface area contributed by atoms with E-state index in [1.807, 2.05) is 12.1 Å². The molecule has 1 aliphatic rings. The number of hydrogen-bond acceptors (Lipinski definition) is 5. The van der Waals surface area contributed by atoms with Crippen molar-refractivity contribution in [2.24, 2.45) is 0 Å². The minimum atomic E-state index is -0.674. The highest BCUT2D eigenvalue weighted by molar-refractivity contribution is 6.30. The fourth-order valence-electron chi connectivity index (χ4n) is 2.48. The minimum Gasteiger partial charge on any atom is -0.489 e. The van der Waals surface area contributed by atoms with Crippen molar-refractivity contribution in [2.75, 3.05) is 13.7 Å². The zero-order valence-electron chi connectivity index (χ0n) is 15.0. The second-order valence-electron chi connectivity index (χ2n) is 5.94. The number of imide groups is 1. The summed E-state index contributed by atoms with van der Waals surface area (Å²) in [7, 11) is 1.19. The second kappa shape index (κ2) is 8.58. The van der Waals surface area contributed by atoms with E-state index in [-0.39, 0.29) is 5.70 Å². The van der Waals surface area contributed by atoms with E-state index in [2.05, 4.69) is 10.1 Å². The maximum atomic E-state index is 12.3. The lowest BCUT2D eigenvalue weighted by Crippen LogP contribution is -2.36. The number of amides is 3. The first-order chi connectivity index (χ1) is 13.5. The summed E-state index contributed by atoms with van der Waals surface area (Å²) in [5.41, 5.74) is 1.77. The van der Waals surface area contributed by atoms with Gasteiger partial charge < -0.3 is 14.8 Å². The van der Waals surface area contributed by atoms with E-state index < -0.39 is 24.5 Å². The van der Waals surface area contributed by atoms with Gasteiger partial charge in [0.1, 0.15) is 24.6 Å². The Hall–Kier alpha value is -3.32. The number of rotatable bonds is 6. The molecule has 7 nitrogen and oxygen atoms in total. The quantitative estimate of drug-likeness (QED) is 0.457. The highest BCUT2D eigenvalue weighted by atomic mass is 35.5. The van der Waals surface area contributed by atoms with Crippen LogP contribution in [-0.2, 0) is 20.9 Å². The van der Waals surface area contributed by atoms with E-state index >= 15 is 0 Å². The van der Waals surface area contributed by atoms with Crippen LogP contribution >= 0.6 is 11.6 Å². The van der Waals surface area contributed by atoms with Crippen LogP contribution in [0.1, 0.15) is 11.1 Å². The molecule has 1 aliphatic heterocycles. The van der Waals surface area contributed by atoms with Gasteiger partial charge in [-0.2, -0.15) is 0 Å². The van der Waals surface area contributed by atoms with Gasteiger partial charge in [0.25, 0.3) is 5.91 Å². The summed E-state index contributed by atoms with van der Waals surface area (Å²) in [6.07, 6.45) is 1.53. The smallest absolute Gasteiger partial charge is 0.329 e. The first-order valence-electron chi connectivity index (χ1n) is 8.35. The summed E-state index contributed by atoms with van der Waals surface area (Å²) in [5.74, 6) is -0.600. The first-order valence-corrected chi connectivity index (χ1v) is 8.73. The Kier molecular flexibility index (Phi) is 5.96. The van der Waals surface area contributed by atoms with Crippen LogP contribution in [0.2, 0.25) is 5.02 Å². The second-order valence-corrected chi connectivity index (χ2v) is 6.38. The third-order valence-electron chi connectivity index (χ3n) is 3.99. The Bertz CT molecular complexity index is 923. The summed E-state index contributed by atoms with van der Waals surface area (Å²) < 4.78 is 10.2. The molecule has 0 unspecified atom stereocenters. The molecule has 0 aromatic heterocycles. The molecule has 2 aromatic carbocycles. The van der Waals surface area contributed by atoms with Crippen LogP contribution in [0.25, 0.3) is 6.08 Å². The van der Waals surface area contributed by atoms with E-state index in [9.17, 15) is 14.4 Å². The average Bonchev–Trinajstić information content (AvgIpc) is 2.96. The standard InChI is InChI=1S/C20H17ClN2O5/c1-27-18(24)11-23-19(25)17(22-20(23)26)10-13-4-8-16(9-5-13)28-12-14-2-6-15(21)7-3-14/h2-10H,11-12H2,1H3,(H,22,26)/b17-10+. The van der Waals surface area contributed by atoms with Crippen molar-refractivity contribution < 1.29 is 23.9 Å². The Morgan fingerprint density at radius 1 is 1.11 bits per heavy atom. The minimum absolute atomic E-state index is 0.0868. The first kappa shape index (κ1) is 19.4. The predicted octanol–water partition coefficient (Wildman–Crippen LogP) is 2.98. The molecule has 3 rings (SSSR count). The molecule has 3 amide bonds. The lowest BCUT2D eigenvalue weighted by atomic mass is 10.2. The molecule has 0 saturated carbocycles. The Balaban J connectivity index is 1.63. The molecule has 2 aromatic rings. The van der Waals surface area contributed by atoms with Gasteiger partial charge in [0.2, 0.25) is 0 Å². The maximum Gasteiger partial charge on any atom is 0.329 e. The highest BCUT2D eigenvalue weighted by Gasteiger charge is 2.35. The third-order valence-corrected chi connectivity index (χ3v) is 4.24. The molecule has 0 bridgehead atoms. The van der Waals surface area contributed by atoms with Gasteiger partial charge in [0, 0.05) is 5.02 Å². The van der Waals surface area contributed by atoms with Crippen LogP contribution in [0.15, 0.2) is 54.2 Å². The molecule has 1 fully saturated rings. The van der Waals surface area contributed by atoms with Gasteiger partial charge in [-0.15, -0.1) is 0 Å². The number of methoxy groups -OCH3 is 1. The number of benzene rings is 2. The molecule has 28 heavy (non-hydrogen) atoms. The number of carbonyl (C=O) groups is 3. The number of urea groups is 1. The number of esters is 1. The van der Waals surface area contributed by atoms with E-state index in [1.165, 1.54) is 13.2 Å². The maximum absolute atomic E-state index is 12.3. The van der Waals surface area contributed by atoms with Crippen molar-refractivity contribution in [3.63, 3.8) is 0 Å². The zero-order valence-corrected chi connectivity index (χ0v) is 15.7. The molecular formula is C20H17ClN2O5. The van der Waals surface area contributed by atoms with Crippen molar-refractivity contribution >= 4 is 35.6 Å². The van der Waals surface area contributed by atoms with Gasteiger partial charge in [-0.1, -0.05) is 35.9 Å². The summed E-state index contributed by atoms with van der Waals surface area (Å²) in [6.45, 7) is -0.0371. The average molecular weight is 401 g/mol. The van der Waals surface area contributed by atoms with Gasteiger partial charge in [-0.25, -0.2) is 9.69 Å². The number of ether oxygens (including phenoxy) is 2. The monoisotopic (exact) mass is 400 g/mol. The molecule has 1 saturated heterocycles. The van der Waals surface area contributed by atoms with Crippen LogP contribution < -0.4 is 10.1 Å². The summed E-state index contributed by atoms with van der Waals surface area (Å²) in [5, 5.41) is 3.11. The molecule has 1 N–H and O–H groups in total. The van der Waals surface area contributed by atoms with Crippen molar-refractivity contribution in [1.82, 2.24) is 10.2 Å². The van der Waals surface area contributed by atoms with Crippen molar-refractivity contribution in [3.05, 3.63) is 70.4 Å². The molecule has 0 aliphatic carbocycles. The van der Waals surface area contributed by atoms with Gasteiger partial charge in [0.15, 0.2) is 0 Å². The van der Waals surface area contributed by atoms with Crippen molar-refractivity contribution in [2.45, 2.75) is 6.61 Å². The molecule has 0 atom stereocenters. The highest BCUT2D eigenvalue weighted by Crippen LogP contribution is 2.19. The number of nitrogens with one attached hydrogen (secondary N) is 1. The number of nitrogens with zero attached hydrogens (tertiary/aromatic N) is 1. The zero-order chi connectivity index (χ0) is 20.1. The van der Waals surface area contributed by atoms with Gasteiger partial charge in [-0.3, -0.25) is 9.59 Å². The largest absolute Gasteiger partial charge is 0.489 e. The fourth-order valence-corrected chi connectivity index (χ4v) is 2.61. The summed E-state index contributed by atoms with van der Waals surface area (Å²) in [4.78, 5) is 36.2. The third kappa shape index (κ3) is 4.69. The molecule has 1 heterocycles. The van der Waals surface area contributed by atoms with Crippen molar-refractivity contribution in [1.29, 1.82) is 0 Å². The van der Waals surface area contributed by atoms with Crippen LogP contribution in [0, 0.1) is 0 Å². The molecule has 0 spiro atoms. The molecular weight excluding hydrogens is 384 g/mol. The predicted molar refractivity (Wildman–Crippen MR) is 102 cm³/mol. The van der Waals surface area contributed by atoms with Crippen LogP contribution in [0.5, 0.6) is 5.75 Å². The van der Waals surface area contributed by atoms with Crippen LogP contribution in [0.4, 0.5) is 4.79 Å². The Morgan fingerprint density at radius 2 is 1.79 bits per heavy atom. The number of halogens is 1. The topological polar surface area (TPSA) is 84.9 Å². The normalized spacial score (nSPS) is 14.9. The van der Waals surface area contributed by atoms with E-state index in [4.69, 9.17) is 16.3 Å². The van der Waals surface area contributed by atoms with Crippen LogP contribution in [0.3, 0.4) is 0 Å². The van der Waals surface area contributed by atoms with Crippen molar-refractivity contribution in [3.8, 4) is 5.75 Å². The Morgan fingerprint density at radius 3 is 2.43 bits per heavy atom. The SMILES string of the molecule is COC(=O)CN1C(=O)N/C(=C/c2ccc(OCc3ccc(Cl)cc3)cc2)C1=O. The molecule has 144 valence electrons. The summed E-state index contributed by atoms with van der Waals surface area (Å²) >= 11 is 5.85. The fraction of sp³-hybridized carbons (Fsp3) is 0.150. The van der Waals surface area contributed by atoms with E-state index in [1.54, 1.807) is 36.4 Å². The number of hydrogen-bond donors (Lipinski definition) is 1. The lowest BCUT2D eigenvalue weighted by Gasteiger charge is -2.09. The summed E-state index contributed by atoms with van der Waals surface area (Å²) in [6, 6.07) is 13.7. The van der Waals surface area contributed by atoms with Gasteiger partial charge in [-0.05, 0) is 41.5 Å². The van der Waals surface area contributed by atoms with Crippen LogP contribution in [-0.4, -0.2) is 36.5 Å². The van der Waals surface area contributed by atoms with Gasteiger partial charge in [0.05, 0.1) is 7.11 Å². The molecule has 0 radical (unpaired) electrons. The number of carbonyl (C=O) groups excluding carboxylic acids is 3. The van der Waals surface area contributed by atoms with Gasteiger partial charge >= 0.3 is 12.0 Å². The molecule has 8 heteroatoms. The lowest BCUT2D eigenvalue weighted by molar-refractivity contribution is -0.143. The van der Waals surface area contributed by atoms with E-state index in [0.717, 1.165) is 10.5 Å². The Labute approximate surface area is 166 Å². The van der Waals surface area contributed by atoms with E-state index in [0.29, 0.717) is 22.9 Å².